The van der Waals surface area contributed by atoms with Crippen molar-refractivity contribution in [2.75, 3.05) is 6.61 Å². The van der Waals surface area contributed by atoms with Gasteiger partial charge in [0.2, 0.25) is 5.91 Å². The Morgan fingerprint density at radius 1 is 1.40 bits per heavy atom. The van der Waals surface area contributed by atoms with E-state index >= 15 is 0 Å². The summed E-state index contributed by atoms with van der Waals surface area (Å²) in [5, 5.41) is 0. The first kappa shape index (κ1) is 14.3. The molecule has 1 atom stereocenters. The van der Waals surface area contributed by atoms with Crippen LogP contribution in [0.25, 0.3) is 0 Å². The molecule has 1 fully saturated rings. The van der Waals surface area contributed by atoms with E-state index in [0.717, 1.165) is 5.56 Å². The van der Waals surface area contributed by atoms with Crippen molar-refractivity contribution in [1.82, 2.24) is 4.90 Å². The van der Waals surface area contributed by atoms with Crippen LogP contribution in [0.3, 0.4) is 0 Å². The van der Waals surface area contributed by atoms with Gasteiger partial charge in [0.1, 0.15) is 6.61 Å². The summed E-state index contributed by atoms with van der Waals surface area (Å²) in [5.74, 6) is -0.161. The number of imide groups is 1. The van der Waals surface area contributed by atoms with Crippen LogP contribution < -0.4 is 0 Å². The molecule has 0 bridgehead atoms. The topological polar surface area (TPSA) is 46.6 Å². The predicted octanol–water partition coefficient (Wildman–Crippen LogP) is 2.93. The third kappa shape index (κ3) is 3.47. The van der Waals surface area contributed by atoms with E-state index in [-0.39, 0.29) is 18.6 Å². The van der Waals surface area contributed by atoms with Crippen LogP contribution in [-0.2, 0) is 16.0 Å². The second-order valence-electron chi connectivity index (χ2n) is 4.79. The van der Waals surface area contributed by atoms with E-state index in [0.29, 0.717) is 19.3 Å². The second kappa shape index (κ2) is 6.89. The molecule has 4 nitrogen and oxygen atoms in total. The first-order chi connectivity index (χ1) is 9.72. The molecule has 1 aliphatic rings. The molecule has 1 aromatic rings. The fraction of sp³-hybridized carbons (Fsp3) is 0.375. The standard InChI is InChI=1S/C16H19NO3/c1-2-3-5-10-15(18)17-14(12-20-16(17)19)11-13-8-6-4-7-9-13/h2-4,6-9,14H,5,10-12H2,1H3. The minimum absolute atomic E-state index is 0.161. The SMILES string of the molecule is CC=CCCC(=O)N1C(=O)OCC1Cc1ccccc1. The van der Waals surface area contributed by atoms with E-state index in [1.807, 2.05) is 49.4 Å². The lowest BCUT2D eigenvalue weighted by Gasteiger charge is -2.19. The molecule has 0 aromatic heterocycles. The molecular formula is C16H19NO3. The highest BCUT2D eigenvalue weighted by Crippen LogP contribution is 2.18. The minimum Gasteiger partial charge on any atom is -0.447 e. The number of allylic oxidation sites excluding steroid dienone is 2. The summed E-state index contributed by atoms with van der Waals surface area (Å²) in [6.45, 7) is 2.19. The van der Waals surface area contributed by atoms with Gasteiger partial charge in [-0.2, -0.15) is 0 Å². The summed E-state index contributed by atoms with van der Waals surface area (Å²) in [7, 11) is 0. The summed E-state index contributed by atoms with van der Waals surface area (Å²) in [6.07, 6.45) is 4.93. The van der Waals surface area contributed by atoms with E-state index in [1.54, 1.807) is 0 Å². The summed E-state index contributed by atoms with van der Waals surface area (Å²) in [4.78, 5) is 25.1. The van der Waals surface area contributed by atoms with Gasteiger partial charge >= 0.3 is 6.09 Å². The Hall–Kier alpha value is -2.10. The van der Waals surface area contributed by atoms with Crippen LogP contribution in [0.1, 0.15) is 25.3 Å². The van der Waals surface area contributed by atoms with Crippen LogP contribution in [0, 0.1) is 0 Å². The number of rotatable bonds is 5. The van der Waals surface area contributed by atoms with Gasteiger partial charge in [-0.1, -0.05) is 42.5 Å². The van der Waals surface area contributed by atoms with E-state index in [9.17, 15) is 9.59 Å². The van der Waals surface area contributed by atoms with Crippen molar-refractivity contribution in [3.05, 3.63) is 48.0 Å². The summed E-state index contributed by atoms with van der Waals surface area (Å²) in [5.41, 5.74) is 1.10. The molecule has 0 spiro atoms. The molecule has 0 radical (unpaired) electrons. The van der Waals surface area contributed by atoms with Crippen molar-refractivity contribution in [1.29, 1.82) is 0 Å². The number of hydrogen-bond acceptors (Lipinski definition) is 3. The molecule has 4 heteroatoms. The van der Waals surface area contributed by atoms with Crippen LogP contribution in [0.2, 0.25) is 0 Å². The summed E-state index contributed by atoms with van der Waals surface area (Å²) < 4.78 is 5.03. The highest BCUT2D eigenvalue weighted by Gasteiger charge is 2.37. The van der Waals surface area contributed by atoms with Gasteiger partial charge in [0.15, 0.2) is 0 Å². The number of carbonyl (C=O) groups excluding carboxylic acids is 2. The van der Waals surface area contributed by atoms with Crippen LogP contribution in [-0.4, -0.2) is 29.5 Å². The normalized spacial score (nSPS) is 18.6. The molecule has 1 saturated heterocycles. The Morgan fingerprint density at radius 2 is 2.15 bits per heavy atom. The van der Waals surface area contributed by atoms with E-state index < -0.39 is 6.09 Å². The van der Waals surface area contributed by atoms with Gasteiger partial charge in [-0.15, -0.1) is 0 Å². The largest absolute Gasteiger partial charge is 0.447 e. The molecule has 0 saturated carbocycles. The lowest BCUT2D eigenvalue weighted by molar-refractivity contribution is -0.129. The maximum absolute atomic E-state index is 12.1. The first-order valence-electron chi connectivity index (χ1n) is 6.86. The Balaban J connectivity index is 2.01. The molecule has 1 aromatic carbocycles. The molecule has 0 aliphatic carbocycles. The number of benzene rings is 1. The zero-order valence-corrected chi connectivity index (χ0v) is 11.6. The highest BCUT2D eigenvalue weighted by atomic mass is 16.6. The Kier molecular flexibility index (Phi) is 4.93. The summed E-state index contributed by atoms with van der Waals surface area (Å²) >= 11 is 0. The fourth-order valence-corrected chi connectivity index (χ4v) is 2.30. The number of nitrogens with zero attached hydrogens (tertiary/aromatic N) is 1. The number of hydrogen-bond donors (Lipinski definition) is 0. The zero-order chi connectivity index (χ0) is 14.4. The molecule has 0 N–H and O–H groups in total. The van der Waals surface area contributed by atoms with Crippen molar-refractivity contribution in [2.45, 2.75) is 32.2 Å². The molecule has 106 valence electrons. The maximum atomic E-state index is 12.1. The van der Waals surface area contributed by atoms with Gasteiger partial charge in [-0.05, 0) is 25.3 Å². The summed E-state index contributed by atoms with van der Waals surface area (Å²) in [6, 6.07) is 9.63. The van der Waals surface area contributed by atoms with Crippen molar-refractivity contribution in [2.24, 2.45) is 0 Å². The van der Waals surface area contributed by atoms with Crippen molar-refractivity contribution >= 4 is 12.0 Å². The van der Waals surface area contributed by atoms with Gasteiger partial charge < -0.3 is 4.74 Å². The Labute approximate surface area is 119 Å². The van der Waals surface area contributed by atoms with E-state index in [1.165, 1.54) is 4.90 Å². The van der Waals surface area contributed by atoms with Gasteiger partial charge in [0.05, 0.1) is 6.04 Å². The fourth-order valence-electron chi connectivity index (χ4n) is 2.30. The average molecular weight is 273 g/mol. The molecular weight excluding hydrogens is 254 g/mol. The van der Waals surface area contributed by atoms with E-state index in [4.69, 9.17) is 4.74 Å². The molecule has 2 rings (SSSR count). The number of cyclic esters (lactones) is 1. The smallest absolute Gasteiger partial charge is 0.416 e. The van der Waals surface area contributed by atoms with Crippen molar-refractivity contribution in [3.63, 3.8) is 0 Å². The molecule has 2 amide bonds. The maximum Gasteiger partial charge on any atom is 0.416 e. The molecule has 1 unspecified atom stereocenters. The predicted molar refractivity (Wildman–Crippen MR) is 76.2 cm³/mol. The quantitative estimate of drug-likeness (QED) is 0.775. The van der Waals surface area contributed by atoms with Crippen molar-refractivity contribution in [3.8, 4) is 0 Å². The van der Waals surface area contributed by atoms with Crippen LogP contribution in [0.5, 0.6) is 0 Å². The van der Waals surface area contributed by atoms with Crippen LogP contribution >= 0.6 is 0 Å². The Bertz CT molecular complexity index is 496. The van der Waals surface area contributed by atoms with Gasteiger partial charge in [0, 0.05) is 6.42 Å². The van der Waals surface area contributed by atoms with Crippen LogP contribution in [0.4, 0.5) is 4.79 Å². The molecule has 1 heterocycles. The minimum atomic E-state index is -0.517. The van der Waals surface area contributed by atoms with Crippen LogP contribution in [0.15, 0.2) is 42.5 Å². The third-order valence-electron chi connectivity index (χ3n) is 3.30. The highest BCUT2D eigenvalue weighted by molar-refractivity contribution is 5.93. The zero-order valence-electron chi connectivity index (χ0n) is 11.6. The number of ether oxygens (including phenoxy) is 1. The lowest BCUT2D eigenvalue weighted by Crippen LogP contribution is -2.40. The second-order valence-corrected chi connectivity index (χ2v) is 4.79. The number of amides is 2. The third-order valence-corrected chi connectivity index (χ3v) is 3.30. The lowest BCUT2D eigenvalue weighted by atomic mass is 10.1. The van der Waals surface area contributed by atoms with Gasteiger partial charge in [-0.25, -0.2) is 9.69 Å². The molecule has 20 heavy (non-hydrogen) atoms. The Morgan fingerprint density at radius 3 is 2.85 bits per heavy atom. The average Bonchev–Trinajstić information content (AvgIpc) is 2.81. The first-order valence-corrected chi connectivity index (χ1v) is 6.86. The monoisotopic (exact) mass is 273 g/mol. The number of carbonyl (C=O) groups is 2. The van der Waals surface area contributed by atoms with Gasteiger partial charge in [0.25, 0.3) is 0 Å². The molecule has 1 aliphatic heterocycles. The van der Waals surface area contributed by atoms with Gasteiger partial charge in [-0.3, -0.25) is 4.79 Å². The van der Waals surface area contributed by atoms with Crippen molar-refractivity contribution < 1.29 is 14.3 Å². The van der Waals surface area contributed by atoms with E-state index in [2.05, 4.69) is 0 Å².